The Morgan fingerprint density at radius 2 is 2.00 bits per heavy atom. The lowest BCUT2D eigenvalue weighted by molar-refractivity contribution is 0.771. The summed E-state index contributed by atoms with van der Waals surface area (Å²) in [5.41, 5.74) is 8.13. The van der Waals surface area contributed by atoms with E-state index in [0.29, 0.717) is 10.9 Å². The number of aromatic nitrogens is 2. The average molecular weight is 268 g/mol. The monoisotopic (exact) mass is 267 g/mol. The number of hydrogen-bond acceptors (Lipinski definition) is 4. The fraction of sp³-hybridized carbons (Fsp3) is 0.333. The second-order valence-electron chi connectivity index (χ2n) is 4.18. The molecule has 0 saturated heterocycles. The van der Waals surface area contributed by atoms with Crippen molar-refractivity contribution in [3.8, 4) is 0 Å². The van der Waals surface area contributed by atoms with E-state index in [1.54, 1.807) is 0 Å². The van der Waals surface area contributed by atoms with Crippen LogP contribution in [0.3, 0.4) is 0 Å². The molecule has 0 aliphatic rings. The Bertz CT molecular complexity index is 510. The van der Waals surface area contributed by atoms with Crippen molar-refractivity contribution in [2.75, 3.05) is 0 Å². The second-order valence-corrected chi connectivity index (χ2v) is 5.37. The maximum atomic E-state index is 6.25. The largest absolute Gasteiger partial charge is 0.319 e. The number of halogens is 1. The minimum Gasteiger partial charge on any atom is -0.319 e. The third-order valence-electron chi connectivity index (χ3n) is 2.61. The summed E-state index contributed by atoms with van der Waals surface area (Å²) in [7, 11) is 0. The molecule has 3 nitrogen and oxygen atoms in total. The summed E-state index contributed by atoms with van der Waals surface area (Å²) in [6.07, 6.45) is 0. The van der Waals surface area contributed by atoms with Crippen LogP contribution in [0.25, 0.3) is 0 Å². The fourth-order valence-corrected chi connectivity index (χ4v) is 2.77. The lowest BCUT2D eigenvalue weighted by atomic mass is 10.0. The van der Waals surface area contributed by atoms with E-state index in [2.05, 4.69) is 23.4 Å². The summed E-state index contributed by atoms with van der Waals surface area (Å²) in [6.45, 7) is 4.17. The first-order valence-electron chi connectivity index (χ1n) is 5.43. The van der Waals surface area contributed by atoms with Crippen LogP contribution < -0.4 is 5.73 Å². The molecule has 2 N–H and O–H groups in total. The lowest BCUT2D eigenvalue weighted by Crippen LogP contribution is -2.13. The van der Waals surface area contributed by atoms with Crippen LogP contribution in [0.15, 0.2) is 24.3 Å². The zero-order valence-corrected chi connectivity index (χ0v) is 11.3. The minimum atomic E-state index is -0.249. The number of benzene rings is 1. The fourth-order valence-electron chi connectivity index (χ4n) is 1.69. The number of rotatable bonds is 3. The topological polar surface area (TPSA) is 51.8 Å². The van der Waals surface area contributed by atoms with Crippen LogP contribution in [0.1, 0.15) is 41.9 Å². The molecule has 90 valence electrons. The normalized spacial score (nSPS) is 13.0. The van der Waals surface area contributed by atoms with Crippen LogP contribution in [0.4, 0.5) is 0 Å². The van der Waals surface area contributed by atoms with Crippen LogP contribution in [0, 0.1) is 0 Å². The highest BCUT2D eigenvalue weighted by Crippen LogP contribution is 2.32. The summed E-state index contributed by atoms with van der Waals surface area (Å²) < 4.78 is 3.99. The second kappa shape index (κ2) is 5.12. The minimum absolute atomic E-state index is 0.249. The maximum absolute atomic E-state index is 6.25. The zero-order chi connectivity index (χ0) is 12.4. The Hall–Kier alpha value is -0.970. The quantitative estimate of drug-likeness (QED) is 0.928. The Morgan fingerprint density at radius 1 is 1.29 bits per heavy atom. The maximum Gasteiger partial charge on any atom is 0.0832 e. The first kappa shape index (κ1) is 12.5. The summed E-state index contributed by atoms with van der Waals surface area (Å²) in [5.74, 6) is 0.317. The van der Waals surface area contributed by atoms with Gasteiger partial charge in [-0.05, 0) is 29.1 Å². The van der Waals surface area contributed by atoms with Gasteiger partial charge in [0, 0.05) is 5.02 Å². The highest BCUT2D eigenvalue weighted by Gasteiger charge is 2.20. The third kappa shape index (κ3) is 2.49. The van der Waals surface area contributed by atoms with E-state index < -0.39 is 0 Å². The third-order valence-corrected chi connectivity index (χ3v) is 3.78. The summed E-state index contributed by atoms with van der Waals surface area (Å²) in [4.78, 5) is 0.994. The molecule has 0 fully saturated rings. The lowest BCUT2D eigenvalue weighted by Gasteiger charge is -2.13. The highest BCUT2D eigenvalue weighted by atomic mass is 35.5. The molecule has 0 aliphatic carbocycles. The predicted octanol–water partition coefficient (Wildman–Crippen LogP) is 3.36. The van der Waals surface area contributed by atoms with Gasteiger partial charge in [0.25, 0.3) is 0 Å². The molecule has 0 bridgehead atoms. The van der Waals surface area contributed by atoms with Gasteiger partial charge in [0.15, 0.2) is 0 Å². The summed E-state index contributed by atoms with van der Waals surface area (Å²) >= 11 is 7.50. The Labute approximate surface area is 110 Å². The van der Waals surface area contributed by atoms with Crippen molar-refractivity contribution >= 4 is 23.1 Å². The predicted molar refractivity (Wildman–Crippen MR) is 71.5 cm³/mol. The Morgan fingerprint density at radius 3 is 2.65 bits per heavy atom. The molecule has 0 aliphatic heterocycles. The van der Waals surface area contributed by atoms with E-state index in [0.717, 1.165) is 16.1 Å². The van der Waals surface area contributed by atoms with Gasteiger partial charge in [-0.2, -0.15) is 0 Å². The van der Waals surface area contributed by atoms with Gasteiger partial charge in [0.2, 0.25) is 0 Å². The molecule has 0 spiro atoms. The number of nitrogens with two attached hydrogens (primary N) is 1. The number of nitrogens with zero attached hydrogens (tertiary/aromatic N) is 2. The molecule has 0 saturated carbocycles. The molecule has 2 aromatic rings. The molecule has 5 heteroatoms. The van der Waals surface area contributed by atoms with Gasteiger partial charge in [-0.1, -0.05) is 48.1 Å². The smallest absolute Gasteiger partial charge is 0.0832 e. The molecule has 1 aromatic carbocycles. The molecule has 1 heterocycles. The first-order valence-corrected chi connectivity index (χ1v) is 6.58. The molecule has 17 heavy (non-hydrogen) atoms. The Kier molecular flexibility index (Phi) is 3.76. The molecule has 1 unspecified atom stereocenters. The Balaban J connectivity index is 2.41. The van der Waals surface area contributed by atoms with E-state index in [9.17, 15) is 0 Å². The first-order chi connectivity index (χ1) is 8.11. The molecule has 1 aromatic heterocycles. The SMILES string of the molecule is CC(C)c1nnsc1C(N)c1ccccc1Cl. The van der Waals surface area contributed by atoms with E-state index in [1.807, 2.05) is 24.3 Å². The van der Waals surface area contributed by atoms with Crippen molar-refractivity contribution in [1.82, 2.24) is 9.59 Å². The van der Waals surface area contributed by atoms with Gasteiger partial charge in [0.1, 0.15) is 0 Å². The number of hydrogen-bond donors (Lipinski definition) is 1. The van der Waals surface area contributed by atoms with Gasteiger partial charge in [-0.3, -0.25) is 0 Å². The summed E-state index contributed by atoms with van der Waals surface area (Å²) in [5, 5.41) is 4.82. The van der Waals surface area contributed by atoms with Gasteiger partial charge in [-0.25, -0.2) is 0 Å². The van der Waals surface area contributed by atoms with Crippen molar-refractivity contribution in [2.24, 2.45) is 5.73 Å². The van der Waals surface area contributed by atoms with E-state index in [4.69, 9.17) is 17.3 Å². The molecular weight excluding hydrogens is 254 g/mol. The zero-order valence-electron chi connectivity index (χ0n) is 9.72. The molecule has 0 amide bonds. The average Bonchev–Trinajstić information content (AvgIpc) is 2.77. The van der Waals surface area contributed by atoms with Crippen molar-refractivity contribution in [3.63, 3.8) is 0 Å². The van der Waals surface area contributed by atoms with Crippen LogP contribution >= 0.6 is 23.1 Å². The van der Waals surface area contributed by atoms with E-state index in [-0.39, 0.29) is 6.04 Å². The van der Waals surface area contributed by atoms with Gasteiger partial charge in [-0.15, -0.1) is 5.10 Å². The van der Waals surface area contributed by atoms with Gasteiger partial charge < -0.3 is 5.73 Å². The standard InChI is InChI=1S/C12H14ClN3S/c1-7(2)11-12(17-16-15-11)10(14)8-5-3-4-6-9(8)13/h3-7,10H,14H2,1-2H3. The van der Waals surface area contributed by atoms with Gasteiger partial charge in [0.05, 0.1) is 16.6 Å². The molecule has 1 atom stereocenters. The van der Waals surface area contributed by atoms with Crippen LogP contribution in [-0.4, -0.2) is 9.59 Å². The van der Waals surface area contributed by atoms with Crippen molar-refractivity contribution in [2.45, 2.75) is 25.8 Å². The molecule has 2 rings (SSSR count). The van der Waals surface area contributed by atoms with Crippen molar-refractivity contribution < 1.29 is 0 Å². The summed E-state index contributed by atoms with van der Waals surface area (Å²) in [6, 6.07) is 7.37. The highest BCUT2D eigenvalue weighted by molar-refractivity contribution is 7.05. The van der Waals surface area contributed by atoms with Gasteiger partial charge >= 0.3 is 0 Å². The molecular formula is C12H14ClN3S. The van der Waals surface area contributed by atoms with Crippen molar-refractivity contribution in [1.29, 1.82) is 0 Å². The van der Waals surface area contributed by atoms with Crippen molar-refractivity contribution in [3.05, 3.63) is 45.4 Å². The van der Waals surface area contributed by atoms with E-state index >= 15 is 0 Å². The van der Waals surface area contributed by atoms with Crippen LogP contribution in [0.5, 0.6) is 0 Å². The van der Waals surface area contributed by atoms with Crippen LogP contribution in [-0.2, 0) is 0 Å². The van der Waals surface area contributed by atoms with E-state index in [1.165, 1.54) is 11.5 Å². The molecule has 0 radical (unpaired) electrons. The van der Waals surface area contributed by atoms with Crippen LogP contribution in [0.2, 0.25) is 5.02 Å².